The first kappa shape index (κ1) is 12.4. The fourth-order valence-electron chi connectivity index (χ4n) is 3.64. The minimum atomic E-state index is 0.312. The number of carbonyl (C=O) groups is 1. The maximum atomic E-state index is 12.4. The lowest BCUT2D eigenvalue weighted by Crippen LogP contribution is -2.36. The molecule has 18 heavy (non-hydrogen) atoms. The molecule has 0 aromatic rings. The van der Waals surface area contributed by atoms with Crippen molar-refractivity contribution in [2.24, 2.45) is 17.3 Å². The highest BCUT2D eigenvalue weighted by molar-refractivity contribution is 5.82. The number of nitrogens with zero attached hydrogens (tertiary/aromatic N) is 1. The van der Waals surface area contributed by atoms with Gasteiger partial charge in [-0.2, -0.15) is 0 Å². The summed E-state index contributed by atoms with van der Waals surface area (Å²) in [6.07, 6.45) is 4.60. The van der Waals surface area contributed by atoms with Crippen LogP contribution in [0.25, 0.3) is 0 Å². The van der Waals surface area contributed by atoms with E-state index in [1.807, 2.05) is 11.9 Å². The quantitative estimate of drug-likeness (QED) is 0.810. The van der Waals surface area contributed by atoms with Crippen LogP contribution in [0.5, 0.6) is 0 Å². The van der Waals surface area contributed by atoms with Crippen molar-refractivity contribution in [3.05, 3.63) is 0 Å². The Balaban J connectivity index is 1.52. The Morgan fingerprint density at radius 1 is 1.44 bits per heavy atom. The third-order valence-electron chi connectivity index (χ3n) is 5.02. The summed E-state index contributed by atoms with van der Waals surface area (Å²) in [6.45, 7) is 4.75. The highest BCUT2D eigenvalue weighted by Gasteiger charge is 2.58. The molecule has 2 saturated heterocycles. The van der Waals surface area contributed by atoms with Crippen LogP contribution in [0.3, 0.4) is 0 Å². The first-order valence-electron chi connectivity index (χ1n) is 7.25. The monoisotopic (exact) mass is 252 g/mol. The van der Waals surface area contributed by atoms with Crippen LogP contribution < -0.4 is 5.32 Å². The zero-order valence-corrected chi connectivity index (χ0v) is 11.3. The summed E-state index contributed by atoms with van der Waals surface area (Å²) >= 11 is 0. The molecule has 2 heterocycles. The van der Waals surface area contributed by atoms with Crippen LogP contribution in [-0.4, -0.2) is 50.7 Å². The molecule has 2 aliphatic heterocycles. The van der Waals surface area contributed by atoms with Crippen molar-refractivity contribution < 1.29 is 9.53 Å². The zero-order valence-electron chi connectivity index (χ0n) is 11.3. The molecular weight excluding hydrogens is 228 g/mol. The normalized spacial score (nSPS) is 33.6. The van der Waals surface area contributed by atoms with E-state index < -0.39 is 0 Å². The summed E-state index contributed by atoms with van der Waals surface area (Å²) in [5, 5.41) is 3.39. The van der Waals surface area contributed by atoms with E-state index in [-0.39, 0.29) is 0 Å². The van der Waals surface area contributed by atoms with Gasteiger partial charge in [0.25, 0.3) is 0 Å². The van der Waals surface area contributed by atoms with Gasteiger partial charge < -0.3 is 15.0 Å². The second-order valence-corrected chi connectivity index (χ2v) is 6.32. The summed E-state index contributed by atoms with van der Waals surface area (Å²) in [7, 11) is 1.97. The van der Waals surface area contributed by atoms with Crippen LogP contribution in [0.2, 0.25) is 0 Å². The number of hydrogen-bond acceptors (Lipinski definition) is 3. The van der Waals surface area contributed by atoms with E-state index in [1.165, 1.54) is 12.8 Å². The van der Waals surface area contributed by atoms with Gasteiger partial charge in [0, 0.05) is 32.0 Å². The molecule has 3 fully saturated rings. The number of nitrogens with one attached hydrogen (secondary N) is 1. The van der Waals surface area contributed by atoms with Crippen molar-refractivity contribution in [2.45, 2.75) is 25.7 Å². The fourth-order valence-corrected chi connectivity index (χ4v) is 3.64. The molecule has 2 atom stereocenters. The van der Waals surface area contributed by atoms with Gasteiger partial charge in [0.05, 0.1) is 6.61 Å². The fraction of sp³-hybridized carbons (Fsp3) is 0.929. The van der Waals surface area contributed by atoms with Gasteiger partial charge in [-0.3, -0.25) is 4.79 Å². The van der Waals surface area contributed by atoms with Crippen LogP contribution in [-0.2, 0) is 9.53 Å². The highest BCUT2D eigenvalue weighted by atomic mass is 16.5. The van der Waals surface area contributed by atoms with Gasteiger partial charge in [0.15, 0.2) is 0 Å². The second-order valence-electron chi connectivity index (χ2n) is 6.32. The smallest absolute Gasteiger partial charge is 0.226 e. The number of carbonyl (C=O) groups excluding carboxylic acids is 1. The van der Waals surface area contributed by atoms with Crippen LogP contribution in [0.15, 0.2) is 0 Å². The Morgan fingerprint density at radius 2 is 2.22 bits per heavy atom. The van der Waals surface area contributed by atoms with E-state index in [0.29, 0.717) is 23.2 Å². The van der Waals surface area contributed by atoms with Crippen LogP contribution in [0.1, 0.15) is 25.7 Å². The molecule has 102 valence electrons. The van der Waals surface area contributed by atoms with Crippen molar-refractivity contribution in [1.29, 1.82) is 0 Å². The molecule has 0 aromatic heterocycles. The summed E-state index contributed by atoms with van der Waals surface area (Å²) < 4.78 is 5.38. The number of amides is 1. The third kappa shape index (κ3) is 2.28. The van der Waals surface area contributed by atoms with Crippen molar-refractivity contribution in [2.75, 3.05) is 39.9 Å². The average Bonchev–Trinajstić information content (AvgIpc) is 2.84. The minimum absolute atomic E-state index is 0.312. The van der Waals surface area contributed by atoms with E-state index >= 15 is 0 Å². The van der Waals surface area contributed by atoms with E-state index in [1.54, 1.807) is 0 Å². The molecule has 3 rings (SSSR count). The van der Waals surface area contributed by atoms with Crippen LogP contribution in [0.4, 0.5) is 0 Å². The van der Waals surface area contributed by atoms with E-state index in [9.17, 15) is 4.79 Å². The van der Waals surface area contributed by atoms with Gasteiger partial charge in [0.1, 0.15) is 0 Å². The van der Waals surface area contributed by atoms with Gasteiger partial charge >= 0.3 is 0 Å². The van der Waals surface area contributed by atoms with E-state index in [4.69, 9.17) is 4.74 Å². The predicted octanol–water partition coefficient (Wildman–Crippen LogP) is 0.871. The molecule has 0 radical (unpaired) electrons. The Kier molecular flexibility index (Phi) is 3.32. The predicted molar refractivity (Wildman–Crippen MR) is 69.2 cm³/mol. The molecular formula is C14H24N2O2. The largest absolute Gasteiger partial charge is 0.381 e. The van der Waals surface area contributed by atoms with Crippen molar-refractivity contribution in [1.82, 2.24) is 10.2 Å². The zero-order chi connectivity index (χ0) is 12.6. The molecule has 0 bridgehead atoms. The molecule has 4 nitrogen and oxygen atoms in total. The minimum Gasteiger partial charge on any atom is -0.381 e. The molecule has 1 saturated carbocycles. The summed E-state index contributed by atoms with van der Waals surface area (Å²) in [5.74, 6) is 1.25. The molecule has 4 heteroatoms. The Hall–Kier alpha value is -0.610. The van der Waals surface area contributed by atoms with E-state index in [0.717, 1.165) is 45.7 Å². The van der Waals surface area contributed by atoms with Gasteiger partial charge in [-0.05, 0) is 44.2 Å². The van der Waals surface area contributed by atoms with Crippen molar-refractivity contribution in [3.8, 4) is 0 Å². The molecule has 3 aliphatic rings. The lowest BCUT2D eigenvalue weighted by molar-refractivity contribution is -0.132. The number of ether oxygens (including phenoxy) is 1. The molecule has 1 amide bonds. The molecule has 2 unspecified atom stereocenters. The summed E-state index contributed by atoms with van der Waals surface area (Å²) in [6, 6.07) is 0. The number of rotatable bonds is 3. The van der Waals surface area contributed by atoms with Gasteiger partial charge in [-0.25, -0.2) is 0 Å². The SMILES string of the molecule is CN(CC1CCOC1)C(=O)C1CC12CCNCC2. The van der Waals surface area contributed by atoms with Crippen LogP contribution in [0, 0.1) is 17.3 Å². The molecule has 0 aromatic carbocycles. The molecule has 1 N–H and O–H groups in total. The van der Waals surface area contributed by atoms with Gasteiger partial charge in [-0.1, -0.05) is 0 Å². The lowest BCUT2D eigenvalue weighted by Gasteiger charge is -2.26. The Morgan fingerprint density at radius 3 is 2.89 bits per heavy atom. The maximum absolute atomic E-state index is 12.4. The van der Waals surface area contributed by atoms with Crippen LogP contribution >= 0.6 is 0 Å². The first-order chi connectivity index (χ1) is 8.71. The maximum Gasteiger partial charge on any atom is 0.226 e. The summed E-state index contributed by atoms with van der Waals surface area (Å²) in [4.78, 5) is 14.4. The average molecular weight is 252 g/mol. The number of piperidine rings is 1. The Bertz CT molecular complexity index is 320. The van der Waals surface area contributed by atoms with Gasteiger partial charge in [-0.15, -0.1) is 0 Å². The Labute approximate surface area is 109 Å². The third-order valence-corrected chi connectivity index (χ3v) is 5.02. The molecule has 1 aliphatic carbocycles. The summed E-state index contributed by atoms with van der Waals surface area (Å²) in [5.41, 5.74) is 0.364. The highest BCUT2D eigenvalue weighted by Crippen LogP contribution is 2.59. The molecule has 1 spiro atoms. The van der Waals surface area contributed by atoms with Gasteiger partial charge in [0.2, 0.25) is 5.91 Å². The van der Waals surface area contributed by atoms with Crippen molar-refractivity contribution >= 4 is 5.91 Å². The topological polar surface area (TPSA) is 41.6 Å². The second kappa shape index (κ2) is 4.82. The van der Waals surface area contributed by atoms with Crippen molar-refractivity contribution in [3.63, 3.8) is 0 Å². The lowest BCUT2D eigenvalue weighted by atomic mass is 9.91. The first-order valence-corrected chi connectivity index (χ1v) is 7.25. The number of hydrogen-bond donors (Lipinski definition) is 1. The van der Waals surface area contributed by atoms with E-state index in [2.05, 4.69) is 5.32 Å². The standard InChI is InChI=1S/C14H24N2O2/c1-16(9-11-2-7-18-10-11)13(17)12-8-14(12)3-5-15-6-4-14/h11-12,15H,2-10H2,1H3.